The van der Waals surface area contributed by atoms with Crippen LogP contribution in [0.2, 0.25) is 0 Å². The molecule has 6 heteroatoms. The molecule has 23 heavy (non-hydrogen) atoms. The van der Waals surface area contributed by atoms with Crippen LogP contribution < -0.4 is 0 Å². The quantitative estimate of drug-likeness (QED) is 0.418. The maximum absolute atomic E-state index is 9.77. The molecule has 0 aromatic rings. The van der Waals surface area contributed by atoms with Crippen molar-refractivity contribution in [1.29, 1.82) is 0 Å². The molecule has 0 spiro atoms. The van der Waals surface area contributed by atoms with E-state index in [-0.39, 0.29) is 31.5 Å². The minimum absolute atomic E-state index is 0.00460. The first-order chi connectivity index (χ1) is 11.0. The van der Waals surface area contributed by atoms with Gasteiger partial charge in [-0.3, -0.25) is 0 Å². The molecule has 0 saturated carbocycles. The molecule has 0 rings (SSSR count). The van der Waals surface area contributed by atoms with Crippen molar-refractivity contribution in [2.45, 2.75) is 71.4 Å². The first-order valence-corrected chi connectivity index (χ1v) is 8.71. The van der Waals surface area contributed by atoms with Crippen molar-refractivity contribution in [3.8, 4) is 0 Å². The van der Waals surface area contributed by atoms with Crippen LogP contribution in [0.4, 0.5) is 0 Å². The summed E-state index contributed by atoms with van der Waals surface area (Å²) in [6.45, 7) is 9.87. The highest BCUT2D eigenvalue weighted by molar-refractivity contribution is 4.57. The summed E-state index contributed by atoms with van der Waals surface area (Å²) in [5, 5.41) is 18.6. The lowest BCUT2D eigenvalue weighted by Crippen LogP contribution is -2.29. The van der Waals surface area contributed by atoms with Crippen LogP contribution in [0.1, 0.15) is 47.0 Å². The maximum Gasteiger partial charge on any atom is 0.101 e. The normalized spacial score (nSPS) is 17.0. The van der Waals surface area contributed by atoms with E-state index in [9.17, 15) is 5.11 Å². The number of rotatable bonds is 16. The summed E-state index contributed by atoms with van der Waals surface area (Å²) in [7, 11) is 0. The van der Waals surface area contributed by atoms with E-state index in [1.165, 1.54) is 0 Å². The van der Waals surface area contributed by atoms with E-state index in [2.05, 4.69) is 6.92 Å². The largest absolute Gasteiger partial charge is 0.394 e. The highest BCUT2D eigenvalue weighted by Crippen LogP contribution is 2.01. The number of aliphatic hydroxyl groups excluding tert-OH is 2. The lowest BCUT2D eigenvalue weighted by atomic mass is 10.3. The van der Waals surface area contributed by atoms with E-state index < -0.39 is 6.10 Å². The highest BCUT2D eigenvalue weighted by atomic mass is 16.6. The van der Waals surface area contributed by atoms with Gasteiger partial charge >= 0.3 is 0 Å². The van der Waals surface area contributed by atoms with E-state index in [1.807, 2.05) is 20.8 Å². The summed E-state index contributed by atoms with van der Waals surface area (Å²) in [6, 6.07) is 0. The number of hydrogen-bond donors (Lipinski definition) is 2. The van der Waals surface area contributed by atoms with Gasteiger partial charge in [0.05, 0.1) is 51.3 Å². The molecule has 0 radical (unpaired) electrons. The van der Waals surface area contributed by atoms with Crippen LogP contribution in [-0.2, 0) is 18.9 Å². The first-order valence-electron chi connectivity index (χ1n) is 8.71. The van der Waals surface area contributed by atoms with Crippen LogP contribution in [0, 0.1) is 0 Å². The molecular formula is C17H36O6. The molecule has 4 atom stereocenters. The minimum Gasteiger partial charge on any atom is -0.394 e. The van der Waals surface area contributed by atoms with E-state index in [0.29, 0.717) is 26.4 Å². The summed E-state index contributed by atoms with van der Waals surface area (Å²) in [5.74, 6) is 0. The molecule has 0 aliphatic heterocycles. The number of unbranched alkanes of at least 4 members (excludes halogenated alkanes) is 2. The van der Waals surface area contributed by atoms with Crippen LogP contribution in [-0.4, -0.2) is 74.3 Å². The van der Waals surface area contributed by atoms with Gasteiger partial charge in [0.25, 0.3) is 0 Å². The van der Waals surface area contributed by atoms with Gasteiger partial charge in [0, 0.05) is 6.61 Å². The molecule has 140 valence electrons. The number of hydrogen-bond acceptors (Lipinski definition) is 6. The van der Waals surface area contributed by atoms with E-state index in [1.54, 1.807) is 0 Å². The van der Waals surface area contributed by atoms with Gasteiger partial charge in [-0.15, -0.1) is 0 Å². The van der Waals surface area contributed by atoms with Gasteiger partial charge in [0.2, 0.25) is 0 Å². The summed E-state index contributed by atoms with van der Waals surface area (Å²) in [5.41, 5.74) is 0. The molecule has 0 bridgehead atoms. The van der Waals surface area contributed by atoms with Crippen LogP contribution in [0.25, 0.3) is 0 Å². The SMILES string of the molecule is CCCCCOCC(O)COC(C)COC(C)COC(C)CO. The van der Waals surface area contributed by atoms with E-state index in [4.69, 9.17) is 24.1 Å². The summed E-state index contributed by atoms with van der Waals surface area (Å²) >= 11 is 0. The van der Waals surface area contributed by atoms with Crippen molar-refractivity contribution in [2.24, 2.45) is 0 Å². The monoisotopic (exact) mass is 336 g/mol. The predicted molar refractivity (Wildman–Crippen MR) is 89.7 cm³/mol. The fraction of sp³-hybridized carbons (Fsp3) is 1.00. The average Bonchev–Trinajstić information content (AvgIpc) is 2.55. The molecule has 0 saturated heterocycles. The smallest absolute Gasteiger partial charge is 0.101 e. The molecule has 0 heterocycles. The van der Waals surface area contributed by atoms with Crippen LogP contribution in [0.5, 0.6) is 0 Å². The molecular weight excluding hydrogens is 300 g/mol. The fourth-order valence-electron chi connectivity index (χ4n) is 1.75. The van der Waals surface area contributed by atoms with Gasteiger partial charge in [-0.25, -0.2) is 0 Å². The first kappa shape index (κ1) is 22.8. The predicted octanol–water partition coefficient (Wildman–Crippen LogP) is 1.76. The Hall–Kier alpha value is -0.240. The molecule has 0 amide bonds. The lowest BCUT2D eigenvalue weighted by Gasteiger charge is -2.20. The van der Waals surface area contributed by atoms with Crippen molar-refractivity contribution in [3.63, 3.8) is 0 Å². The standard InChI is InChI=1S/C17H36O6/c1-5-6-7-8-20-12-17(19)13-23-16(4)11-22-15(3)10-21-14(2)9-18/h14-19H,5-13H2,1-4H3. The van der Waals surface area contributed by atoms with Crippen LogP contribution in [0.15, 0.2) is 0 Å². The van der Waals surface area contributed by atoms with Crippen molar-refractivity contribution in [1.82, 2.24) is 0 Å². The zero-order valence-corrected chi connectivity index (χ0v) is 15.2. The van der Waals surface area contributed by atoms with Crippen molar-refractivity contribution < 1.29 is 29.2 Å². The Morgan fingerprint density at radius 1 is 0.783 bits per heavy atom. The molecule has 2 N–H and O–H groups in total. The fourth-order valence-corrected chi connectivity index (χ4v) is 1.75. The molecule has 0 aliphatic rings. The second kappa shape index (κ2) is 15.3. The minimum atomic E-state index is -0.606. The molecule has 0 aromatic heterocycles. The van der Waals surface area contributed by atoms with Crippen LogP contribution >= 0.6 is 0 Å². The molecule has 4 unspecified atom stereocenters. The van der Waals surface area contributed by atoms with Crippen molar-refractivity contribution >= 4 is 0 Å². The van der Waals surface area contributed by atoms with E-state index in [0.717, 1.165) is 19.3 Å². The van der Waals surface area contributed by atoms with Gasteiger partial charge < -0.3 is 29.2 Å². The van der Waals surface area contributed by atoms with Gasteiger partial charge in [0.15, 0.2) is 0 Å². The summed E-state index contributed by atoms with van der Waals surface area (Å²) in [6.07, 6.45) is 2.38. The third-order valence-corrected chi connectivity index (χ3v) is 3.26. The van der Waals surface area contributed by atoms with Gasteiger partial charge in [-0.05, 0) is 27.2 Å². The zero-order valence-electron chi connectivity index (χ0n) is 15.2. The molecule has 0 fully saturated rings. The average molecular weight is 336 g/mol. The Labute approximate surface area is 141 Å². The number of ether oxygens (including phenoxy) is 4. The highest BCUT2D eigenvalue weighted by Gasteiger charge is 2.11. The molecule has 6 nitrogen and oxygen atoms in total. The Morgan fingerprint density at radius 2 is 1.35 bits per heavy atom. The molecule has 0 aliphatic carbocycles. The Bertz CT molecular complexity index is 251. The summed E-state index contributed by atoms with van der Waals surface area (Å²) in [4.78, 5) is 0. The second-order valence-electron chi connectivity index (χ2n) is 6.05. The topological polar surface area (TPSA) is 77.4 Å². The van der Waals surface area contributed by atoms with Crippen molar-refractivity contribution in [3.05, 3.63) is 0 Å². The van der Waals surface area contributed by atoms with Crippen molar-refractivity contribution in [2.75, 3.05) is 39.6 Å². The third-order valence-electron chi connectivity index (χ3n) is 3.26. The Morgan fingerprint density at radius 3 is 1.91 bits per heavy atom. The number of aliphatic hydroxyl groups is 2. The Kier molecular flexibility index (Phi) is 15.1. The van der Waals surface area contributed by atoms with E-state index >= 15 is 0 Å². The van der Waals surface area contributed by atoms with Gasteiger partial charge in [-0.1, -0.05) is 19.8 Å². The Balaban J connectivity index is 3.55. The van der Waals surface area contributed by atoms with Gasteiger partial charge in [-0.2, -0.15) is 0 Å². The zero-order chi connectivity index (χ0) is 17.5. The third kappa shape index (κ3) is 15.1. The second-order valence-corrected chi connectivity index (χ2v) is 6.05. The molecule has 0 aromatic carbocycles. The lowest BCUT2D eigenvalue weighted by molar-refractivity contribution is -0.0908. The van der Waals surface area contributed by atoms with Crippen LogP contribution in [0.3, 0.4) is 0 Å². The maximum atomic E-state index is 9.77. The van der Waals surface area contributed by atoms with Gasteiger partial charge in [0.1, 0.15) is 6.10 Å². The summed E-state index contributed by atoms with van der Waals surface area (Å²) < 4.78 is 21.9.